The summed E-state index contributed by atoms with van der Waals surface area (Å²) < 4.78 is 6.01. The van der Waals surface area contributed by atoms with Gasteiger partial charge in [-0.3, -0.25) is 29.8 Å². The number of hydrogen-bond donors (Lipinski definition) is 2. The molecule has 0 spiro atoms. The summed E-state index contributed by atoms with van der Waals surface area (Å²) in [5.74, 6) is -1.78. The maximum absolute atomic E-state index is 13.0. The number of para-hydroxylation sites is 1. The van der Waals surface area contributed by atoms with Gasteiger partial charge in [-0.15, -0.1) is 0 Å². The van der Waals surface area contributed by atoms with Crippen molar-refractivity contribution in [3.63, 3.8) is 0 Å². The van der Waals surface area contributed by atoms with Crippen molar-refractivity contribution < 1.29 is 28.8 Å². The van der Waals surface area contributed by atoms with E-state index in [1.807, 2.05) is 6.07 Å². The lowest BCUT2D eigenvalue weighted by Crippen LogP contribution is -2.54. The van der Waals surface area contributed by atoms with E-state index in [1.165, 1.54) is 18.2 Å². The molecule has 1 aliphatic rings. The molecule has 0 saturated carbocycles. The fourth-order valence-corrected chi connectivity index (χ4v) is 3.88. The number of ether oxygens (including phenoxy) is 1. The highest BCUT2D eigenvalue weighted by Crippen LogP contribution is 2.28. The van der Waals surface area contributed by atoms with Crippen molar-refractivity contribution in [3.05, 3.63) is 98.5 Å². The molecule has 1 saturated heterocycles. The van der Waals surface area contributed by atoms with Crippen LogP contribution in [0.4, 0.5) is 21.9 Å². The number of urea groups is 1. The van der Waals surface area contributed by atoms with Gasteiger partial charge < -0.3 is 10.1 Å². The van der Waals surface area contributed by atoms with Crippen LogP contribution in [0, 0.1) is 10.1 Å². The minimum Gasteiger partial charge on any atom is -0.483 e. The molecule has 0 atom stereocenters. The molecule has 4 rings (SSSR count). The number of carbonyl (C=O) groups is 4. The van der Waals surface area contributed by atoms with Crippen LogP contribution in [0.5, 0.6) is 5.75 Å². The Kier molecular flexibility index (Phi) is 7.39. The van der Waals surface area contributed by atoms with Crippen LogP contribution in [0.1, 0.15) is 5.56 Å². The third kappa shape index (κ3) is 5.87. The lowest BCUT2D eigenvalue weighted by Gasteiger charge is -2.26. The predicted molar refractivity (Wildman–Crippen MR) is 137 cm³/mol. The minimum atomic E-state index is -0.972. The molecule has 3 aromatic carbocycles. The number of nitro benzene ring substituents is 1. The average molecular weight is 565 g/mol. The number of amides is 5. The van der Waals surface area contributed by atoms with E-state index in [4.69, 9.17) is 4.74 Å². The second-order valence-corrected chi connectivity index (χ2v) is 8.48. The average Bonchev–Trinajstić information content (AvgIpc) is 2.87. The van der Waals surface area contributed by atoms with Gasteiger partial charge in [-0.25, -0.2) is 9.69 Å². The zero-order valence-electron chi connectivity index (χ0n) is 18.8. The van der Waals surface area contributed by atoms with Gasteiger partial charge in [0.1, 0.15) is 11.3 Å². The molecule has 0 bridgehead atoms. The molecule has 2 N–H and O–H groups in total. The molecule has 186 valence electrons. The molecule has 0 unspecified atom stereocenters. The Morgan fingerprint density at radius 2 is 1.76 bits per heavy atom. The Bertz CT molecular complexity index is 1440. The van der Waals surface area contributed by atoms with Gasteiger partial charge in [0.15, 0.2) is 6.61 Å². The first kappa shape index (κ1) is 25.3. The second kappa shape index (κ2) is 10.8. The van der Waals surface area contributed by atoms with Crippen LogP contribution in [-0.4, -0.2) is 35.3 Å². The van der Waals surface area contributed by atoms with Crippen molar-refractivity contribution in [1.29, 1.82) is 0 Å². The van der Waals surface area contributed by atoms with Crippen molar-refractivity contribution in [2.75, 3.05) is 16.8 Å². The molecule has 0 aromatic heterocycles. The molecular formula is C25H17BrN4O7. The fourth-order valence-electron chi connectivity index (χ4n) is 3.37. The van der Waals surface area contributed by atoms with Crippen LogP contribution in [0.3, 0.4) is 0 Å². The van der Waals surface area contributed by atoms with Crippen LogP contribution in [0.2, 0.25) is 0 Å². The van der Waals surface area contributed by atoms with Gasteiger partial charge in [-0.1, -0.05) is 24.3 Å². The van der Waals surface area contributed by atoms with E-state index in [1.54, 1.807) is 42.5 Å². The van der Waals surface area contributed by atoms with Crippen molar-refractivity contribution >= 4 is 62.8 Å². The number of benzene rings is 3. The lowest BCUT2D eigenvalue weighted by molar-refractivity contribution is -0.384. The quantitative estimate of drug-likeness (QED) is 0.190. The van der Waals surface area contributed by atoms with Gasteiger partial charge in [-0.05, 0) is 64.0 Å². The first-order chi connectivity index (χ1) is 17.7. The van der Waals surface area contributed by atoms with Gasteiger partial charge >= 0.3 is 6.03 Å². The number of rotatable bonds is 7. The normalized spacial score (nSPS) is 14.4. The van der Waals surface area contributed by atoms with Gasteiger partial charge in [0, 0.05) is 17.8 Å². The smallest absolute Gasteiger partial charge is 0.335 e. The number of nitrogens with one attached hydrogen (secondary N) is 2. The molecule has 1 heterocycles. The Morgan fingerprint density at radius 1 is 1.05 bits per heavy atom. The molecule has 3 aromatic rings. The van der Waals surface area contributed by atoms with E-state index in [0.29, 0.717) is 21.5 Å². The van der Waals surface area contributed by atoms with Crippen molar-refractivity contribution in [2.24, 2.45) is 0 Å². The highest BCUT2D eigenvalue weighted by molar-refractivity contribution is 9.10. The van der Waals surface area contributed by atoms with Crippen molar-refractivity contribution in [1.82, 2.24) is 5.32 Å². The first-order valence-electron chi connectivity index (χ1n) is 10.7. The summed E-state index contributed by atoms with van der Waals surface area (Å²) in [5.41, 5.74) is 0.592. The molecule has 0 radical (unpaired) electrons. The fraction of sp³-hybridized carbons (Fsp3) is 0.0400. The number of nitro groups is 1. The van der Waals surface area contributed by atoms with E-state index in [-0.39, 0.29) is 29.5 Å². The number of imide groups is 2. The number of carbonyl (C=O) groups excluding carboxylic acids is 4. The summed E-state index contributed by atoms with van der Waals surface area (Å²) in [5, 5.41) is 15.7. The van der Waals surface area contributed by atoms with E-state index in [0.717, 1.165) is 17.0 Å². The zero-order valence-corrected chi connectivity index (χ0v) is 20.4. The van der Waals surface area contributed by atoms with Crippen molar-refractivity contribution in [2.45, 2.75) is 0 Å². The van der Waals surface area contributed by atoms with E-state index in [9.17, 15) is 29.3 Å². The highest BCUT2D eigenvalue weighted by atomic mass is 79.9. The Labute approximate surface area is 218 Å². The van der Waals surface area contributed by atoms with E-state index >= 15 is 0 Å². The largest absolute Gasteiger partial charge is 0.483 e. The van der Waals surface area contributed by atoms with Gasteiger partial charge in [0.25, 0.3) is 23.4 Å². The number of hydrogen-bond acceptors (Lipinski definition) is 7. The summed E-state index contributed by atoms with van der Waals surface area (Å²) in [6.45, 7) is -0.249. The molecule has 5 amide bonds. The summed E-state index contributed by atoms with van der Waals surface area (Å²) in [6, 6.07) is 17.4. The monoisotopic (exact) mass is 564 g/mol. The second-order valence-electron chi connectivity index (χ2n) is 7.62. The molecule has 1 fully saturated rings. The van der Waals surface area contributed by atoms with Crippen LogP contribution in [0.15, 0.2) is 82.8 Å². The van der Waals surface area contributed by atoms with Crippen molar-refractivity contribution in [3.8, 4) is 5.75 Å². The standard InChI is InChI=1S/C25H17BrN4O7/c26-20-13-15(6-11-21(20)37-14-22(31)27-16-4-2-1-3-5-16)12-19-23(32)28-25(34)29(24(19)33)17-7-9-18(10-8-17)30(35)36/h1-13H,14H2,(H,27,31)(H,28,32,34)/b19-12+. The molecule has 11 nitrogen and oxygen atoms in total. The Morgan fingerprint density at radius 3 is 2.41 bits per heavy atom. The first-order valence-corrected chi connectivity index (χ1v) is 11.5. The maximum atomic E-state index is 13.0. The summed E-state index contributed by atoms with van der Waals surface area (Å²) >= 11 is 3.34. The number of barbiturate groups is 1. The van der Waals surface area contributed by atoms with E-state index < -0.39 is 22.8 Å². The van der Waals surface area contributed by atoms with E-state index in [2.05, 4.69) is 26.6 Å². The lowest BCUT2D eigenvalue weighted by atomic mass is 10.1. The number of non-ortho nitro benzene ring substituents is 1. The van der Waals surface area contributed by atoms with Crippen LogP contribution < -0.4 is 20.3 Å². The molecule has 0 aliphatic carbocycles. The van der Waals surface area contributed by atoms with Crippen LogP contribution in [-0.2, 0) is 14.4 Å². The van der Waals surface area contributed by atoms with Crippen LogP contribution >= 0.6 is 15.9 Å². The molecule has 12 heteroatoms. The topological polar surface area (TPSA) is 148 Å². The highest BCUT2D eigenvalue weighted by Gasteiger charge is 2.37. The number of halogens is 1. The SMILES string of the molecule is O=C(COc1ccc(/C=C2\C(=O)NC(=O)N(c3ccc([N+](=O)[O-])cc3)C2=O)cc1Br)Nc1ccccc1. The van der Waals surface area contributed by atoms with Crippen LogP contribution in [0.25, 0.3) is 6.08 Å². The minimum absolute atomic E-state index is 0.0604. The summed E-state index contributed by atoms with van der Waals surface area (Å²) in [4.78, 5) is 60.8. The molecule has 1 aliphatic heterocycles. The third-order valence-electron chi connectivity index (χ3n) is 5.10. The van der Waals surface area contributed by atoms with Gasteiger partial charge in [-0.2, -0.15) is 0 Å². The summed E-state index contributed by atoms with van der Waals surface area (Å²) in [6.07, 6.45) is 1.29. The van der Waals surface area contributed by atoms with Gasteiger partial charge in [0.2, 0.25) is 0 Å². The Balaban J connectivity index is 1.49. The Hall–Kier alpha value is -4.84. The molecular weight excluding hydrogens is 548 g/mol. The summed E-state index contributed by atoms with van der Waals surface area (Å²) in [7, 11) is 0. The predicted octanol–water partition coefficient (Wildman–Crippen LogP) is 4.04. The maximum Gasteiger partial charge on any atom is 0.335 e. The molecule has 37 heavy (non-hydrogen) atoms. The third-order valence-corrected chi connectivity index (χ3v) is 5.72. The number of anilines is 2. The number of nitrogens with zero attached hydrogens (tertiary/aromatic N) is 2. The zero-order chi connectivity index (χ0) is 26.5. The van der Waals surface area contributed by atoms with Gasteiger partial charge in [0.05, 0.1) is 15.1 Å².